The average molecular weight is 193 g/mol. The maximum absolute atomic E-state index is 11.6. The minimum Gasteiger partial charge on any atom is -0.477 e. The molecular formula is C10H11NO3. The number of carboxylic acids is 1. The second kappa shape index (κ2) is 2.97. The summed E-state index contributed by atoms with van der Waals surface area (Å²) in [6, 6.07) is 0. The number of hydrogen-bond acceptors (Lipinski definition) is 2. The summed E-state index contributed by atoms with van der Waals surface area (Å²) in [7, 11) is 1.73. The van der Waals surface area contributed by atoms with Gasteiger partial charge in [-0.15, -0.1) is 0 Å². The van der Waals surface area contributed by atoms with E-state index < -0.39 is 5.97 Å². The predicted molar refractivity (Wildman–Crippen MR) is 50.6 cm³/mol. The molecule has 0 saturated heterocycles. The number of rotatable bonds is 2. The molecule has 4 nitrogen and oxygen atoms in total. The van der Waals surface area contributed by atoms with Crippen molar-refractivity contribution in [2.45, 2.75) is 18.8 Å². The van der Waals surface area contributed by atoms with Crippen LogP contribution in [0.1, 0.15) is 34.7 Å². The van der Waals surface area contributed by atoms with Gasteiger partial charge in [-0.05, 0) is 18.8 Å². The first kappa shape index (κ1) is 8.99. The van der Waals surface area contributed by atoms with Crippen LogP contribution in [0.15, 0.2) is 17.2 Å². The fourth-order valence-electron chi connectivity index (χ4n) is 1.57. The maximum Gasteiger partial charge on any atom is 0.341 e. The van der Waals surface area contributed by atoms with E-state index in [-0.39, 0.29) is 16.9 Å². The largest absolute Gasteiger partial charge is 0.477 e. The quantitative estimate of drug-likeness (QED) is 0.761. The summed E-state index contributed by atoms with van der Waals surface area (Å²) < 4.78 is 1.64. The third-order valence-electron chi connectivity index (χ3n) is 2.43. The van der Waals surface area contributed by atoms with Crippen molar-refractivity contribution in [2.75, 3.05) is 0 Å². The summed E-state index contributed by atoms with van der Waals surface area (Å²) in [5, 5.41) is 8.80. The zero-order valence-electron chi connectivity index (χ0n) is 7.86. The van der Waals surface area contributed by atoms with Gasteiger partial charge in [0.25, 0.3) is 0 Å². The van der Waals surface area contributed by atoms with E-state index in [1.807, 2.05) is 0 Å². The molecule has 1 N–H and O–H groups in total. The van der Waals surface area contributed by atoms with Crippen LogP contribution >= 0.6 is 0 Å². The molecule has 0 aliphatic heterocycles. The first-order valence-electron chi connectivity index (χ1n) is 4.53. The molecule has 1 saturated carbocycles. The number of aryl methyl sites for hydroxylation is 1. The van der Waals surface area contributed by atoms with Gasteiger partial charge in [0.1, 0.15) is 5.56 Å². The summed E-state index contributed by atoms with van der Waals surface area (Å²) >= 11 is 0. The van der Waals surface area contributed by atoms with Gasteiger partial charge in [0.05, 0.1) is 0 Å². The highest BCUT2D eigenvalue weighted by molar-refractivity contribution is 5.87. The van der Waals surface area contributed by atoms with E-state index in [1.54, 1.807) is 17.8 Å². The summed E-state index contributed by atoms with van der Waals surface area (Å²) in [6.45, 7) is 0. The van der Waals surface area contributed by atoms with Crippen molar-refractivity contribution in [1.82, 2.24) is 4.57 Å². The lowest BCUT2D eigenvalue weighted by atomic mass is 10.1. The molecule has 1 fully saturated rings. The Morgan fingerprint density at radius 3 is 2.64 bits per heavy atom. The van der Waals surface area contributed by atoms with Gasteiger partial charge in [-0.2, -0.15) is 0 Å². The summed E-state index contributed by atoms with van der Waals surface area (Å²) in [6.07, 6.45) is 5.08. The van der Waals surface area contributed by atoms with Gasteiger partial charge in [-0.25, -0.2) is 4.79 Å². The van der Waals surface area contributed by atoms with Crippen molar-refractivity contribution in [3.8, 4) is 0 Å². The SMILES string of the molecule is Cn1cc(C(=O)O)c(=O)c(C2CC2)c1. The Morgan fingerprint density at radius 1 is 1.50 bits per heavy atom. The Kier molecular flexibility index (Phi) is 1.91. The van der Waals surface area contributed by atoms with E-state index in [1.165, 1.54) is 6.20 Å². The van der Waals surface area contributed by atoms with Gasteiger partial charge in [0, 0.05) is 25.0 Å². The lowest BCUT2D eigenvalue weighted by molar-refractivity contribution is 0.0694. The Hall–Kier alpha value is -1.58. The highest BCUT2D eigenvalue weighted by Crippen LogP contribution is 2.38. The van der Waals surface area contributed by atoms with Gasteiger partial charge >= 0.3 is 5.97 Å². The standard InChI is InChI=1S/C10H11NO3/c1-11-4-7(6-2-3-6)9(12)8(5-11)10(13)14/h4-6H,2-3H2,1H3,(H,13,14). The fourth-order valence-corrected chi connectivity index (χ4v) is 1.57. The molecule has 2 rings (SSSR count). The topological polar surface area (TPSA) is 59.3 Å². The second-order valence-corrected chi connectivity index (χ2v) is 3.70. The highest BCUT2D eigenvalue weighted by Gasteiger charge is 2.28. The monoisotopic (exact) mass is 193 g/mol. The lowest BCUT2D eigenvalue weighted by Gasteiger charge is -2.04. The number of carbonyl (C=O) groups is 1. The molecule has 0 spiro atoms. The van der Waals surface area contributed by atoms with Crippen molar-refractivity contribution in [3.05, 3.63) is 33.7 Å². The van der Waals surface area contributed by atoms with E-state index in [0.29, 0.717) is 5.56 Å². The van der Waals surface area contributed by atoms with Crippen LogP contribution in [-0.4, -0.2) is 15.6 Å². The van der Waals surface area contributed by atoms with Gasteiger partial charge in [0.15, 0.2) is 5.43 Å². The Balaban J connectivity index is 2.61. The molecule has 1 aliphatic rings. The van der Waals surface area contributed by atoms with E-state index in [4.69, 9.17) is 5.11 Å². The van der Waals surface area contributed by atoms with Crippen LogP contribution in [0.4, 0.5) is 0 Å². The normalized spacial score (nSPS) is 15.5. The van der Waals surface area contributed by atoms with Crippen LogP contribution in [0.2, 0.25) is 0 Å². The molecule has 14 heavy (non-hydrogen) atoms. The minimum atomic E-state index is -1.15. The van der Waals surface area contributed by atoms with Crippen molar-refractivity contribution in [2.24, 2.45) is 7.05 Å². The molecule has 0 bridgehead atoms. The molecule has 0 unspecified atom stereocenters. The summed E-state index contributed by atoms with van der Waals surface area (Å²) in [5.74, 6) is -0.860. The summed E-state index contributed by atoms with van der Waals surface area (Å²) in [5.41, 5.74) is 0.197. The van der Waals surface area contributed by atoms with Crippen LogP contribution in [0.25, 0.3) is 0 Å². The number of pyridine rings is 1. The van der Waals surface area contributed by atoms with E-state index in [2.05, 4.69) is 0 Å². The van der Waals surface area contributed by atoms with Crippen LogP contribution in [0, 0.1) is 0 Å². The third-order valence-corrected chi connectivity index (χ3v) is 2.43. The van der Waals surface area contributed by atoms with Crippen molar-refractivity contribution in [3.63, 3.8) is 0 Å². The zero-order chi connectivity index (χ0) is 10.3. The second-order valence-electron chi connectivity index (χ2n) is 3.70. The van der Waals surface area contributed by atoms with Gasteiger partial charge < -0.3 is 9.67 Å². The molecule has 0 radical (unpaired) electrons. The molecule has 0 atom stereocenters. The summed E-state index contributed by atoms with van der Waals surface area (Å²) in [4.78, 5) is 22.4. The molecule has 1 aromatic heterocycles. The molecule has 1 aliphatic carbocycles. The van der Waals surface area contributed by atoms with Crippen molar-refractivity contribution < 1.29 is 9.90 Å². The molecule has 4 heteroatoms. The molecule has 1 heterocycles. The average Bonchev–Trinajstić information content (AvgIpc) is 2.91. The third kappa shape index (κ3) is 1.43. The smallest absolute Gasteiger partial charge is 0.341 e. The maximum atomic E-state index is 11.6. The molecule has 0 aromatic carbocycles. The zero-order valence-corrected chi connectivity index (χ0v) is 7.86. The fraction of sp³-hybridized carbons (Fsp3) is 0.400. The molecular weight excluding hydrogens is 182 g/mol. The highest BCUT2D eigenvalue weighted by atomic mass is 16.4. The van der Waals surface area contributed by atoms with Crippen molar-refractivity contribution in [1.29, 1.82) is 0 Å². The van der Waals surface area contributed by atoms with E-state index >= 15 is 0 Å². The molecule has 74 valence electrons. The Bertz CT molecular complexity index is 443. The Morgan fingerprint density at radius 2 is 2.14 bits per heavy atom. The number of hydrogen-bond donors (Lipinski definition) is 1. The van der Waals surface area contributed by atoms with Gasteiger partial charge in [-0.1, -0.05) is 0 Å². The molecule has 0 amide bonds. The van der Waals surface area contributed by atoms with Crippen molar-refractivity contribution >= 4 is 5.97 Å². The van der Waals surface area contributed by atoms with Crippen LogP contribution in [-0.2, 0) is 7.05 Å². The number of aromatic nitrogens is 1. The van der Waals surface area contributed by atoms with Crippen LogP contribution in [0.3, 0.4) is 0 Å². The number of carboxylic acid groups (broad SMARTS) is 1. The van der Waals surface area contributed by atoms with Gasteiger partial charge in [-0.3, -0.25) is 4.79 Å². The van der Waals surface area contributed by atoms with E-state index in [0.717, 1.165) is 12.8 Å². The first-order chi connectivity index (χ1) is 6.59. The van der Waals surface area contributed by atoms with Crippen LogP contribution in [0.5, 0.6) is 0 Å². The number of nitrogens with zero attached hydrogens (tertiary/aromatic N) is 1. The predicted octanol–water partition coefficient (Wildman–Crippen LogP) is 0.961. The van der Waals surface area contributed by atoms with Gasteiger partial charge in [0.2, 0.25) is 0 Å². The molecule has 1 aromatic rings. The number of aromatic carboxylic acids is 1. The first-order valence-corrected chi connectivity index (χ1v) is 4.53. The van der Waals surface area contributed by atoms with E-state index in [9.17, 15) is 9.59 Å². The van der Waals surface area contributed by atoms with Crippen LogP contribution < -0.4 is 5.43 Å². The minimum absolute atomic E-state index is 0.128. The Labute approximate surface area is 80.8 Å². The lowest BCUT2D eigenvalue weighted by Crippen LogP contribution is -2.20.